The van der Waals surface area contributed by atoms with Crippen LogP contribution in [0.25, 0.3) is 6.08 Å². The maximum atomic E-state index is 14.0. The first-order valence-electron chi connectivity index (χ1n) is 9.73. The van der Waals surface area contributed by atoms with Crippen molar-refractivity contribution in [2.24, 2.45) is 5.92 Å². The quantitative estimate of drug-likeness (QED) is 0.737. The summed E-state index contributed by atoms with van der Waals surface area (Å²) >= 11 is 3.16. The Morgan fingerprint density at radius 3 is 2.86 bits per heavy atom. The first kappa shape index (κ1) is 20.2. The summed E-state index contributed by atoms with van der Waals surface area (Å²) < 4.78 is 14.0. The van der Waals surface area contributed by atoms with Crippen molar-refractivity contribution in [3.05, 3.63) is 62.9 Å². The Kier molecular flexibility index (Phi) is 6.06. The summed E-state index contributed by atoms with van der Waals surface area (Å²) in [6.45, 7) is 0.556. The molecule has 29 heavy (non-hydrogen) atoms. The third kappa shape index (κ3) is 4.41. The topological polar surface area (TPSA) is 49.4 Å². The summed E-state index contributed by atoms with van der Waals surface area (Å²) in [5.41, 5.74) is 0.428. The van der Waals surface area contributed by atoms with Crippen LogP contribution in [0.1, 0.15) is 29.7 Å². The van der Waals surface area contributed by atoms with Gasteiger partial charge in [0.15, 0.2) is 0 Å². The van der Waals surface area contributed by atoms with E-state index in [1.54, 1.807) is 47.6 Å². The van der Waals surface area contributed by atoms with E-state index in [0.29, 0.717) is 23.4 Å². The molecule has 1 saturated carbocycles. The average molecular weight is 431 g/mol. The Labute approximate surface area is 178 Å². The first-order chi connectivity index (χ1) is 14.0. The molecule has 2 fully saturated rings. The van der Waals surface area contributed by atoms with Gasteiger partial charge in [0.25, 0.3) is 5.91 Å². The number of amides is 2. The van der Waals surface area contributed by atoms with Crippen molar-refractivity contribution >= 4 is 41.0 Å². The van der Waals surface area contributed by atoms with Gasteiger partial charge in [-0.05, 0) is 42.9 Å². The second-order valence-electron chi connectivity index (χ2n) is 7.48. The van der Waals surface area contributed by atoms with Gasteiger partial charge in [-0.3, -0.25) is 9.59 Å². The van der Waals surface area contributed by atoms with Crippen LogP contribution in [0.5, 0.6) is 0 Å². The molecule has 0 spiro atoms. The fourth-order valence-electron chi connectivity index (χ4n) is 4.00. The molecule has 0 bridgehead atoms. The van der Waals surface area contributed by atoms with E-state index in [1.165, 1.54) is 17.8 Å². The van der Waals surface area contributed by atoms with Gasteiger partial charge in [0.05, 0.1) is 11.4 Å². The lowest BCUT2D eigenvalue weighted by Gasteiger charge is -2.44. The van der Waals surface area contributed by atoms with Crippen LogP contribution in [0.15, 0.2) is 46.7 Å². The van der Waals surface area contributed by atoms with E-state index in [1.807, 2.05) is 17.5 Å². The zero-order valence-corrected chi connectivity index (χ0v) is 17.8. The van der Waals surface area contributed by atoms with Crippen molar-refractivity contribution in [2.45, 2.75) is 37.1 Å². The van der Waals surface area contributed by atoms with E-state index in [0.717, 1.165) is 17.7 Å². The number of carbonyl (C=O) groups is 2. The minimum Gasteiger partial charge on any atom is -0.351 e. The van der Waals surface area contributed by atoms with Crippen molar-refractivity contribution in [2.75, 3.05) is 7.05 Å². The SMILES string of the molecule is CN1C(=O)/C(=C/c2ccccc2F)SC2CCC(C(=O)NCc3cccs3)CC21. The number of nitrogens with zero attached hydrogens (tertiary/aromatic N) is 1. The van der Waals surface area contributed by atoms with Crippen molar-refractivity contribution in [1.82, 2.24) is 10.2 Å². The molecule has 2 heterocycles. The van der Waals surface area contributed by atoms with Crippen LogP contribution >= 0.6 is 23.1 Å². The van der Waals surface area contributed by atoms with E-state index in [9.17, 15) is 14.0 Å². The standard InChI is InChI=1S/C22H23FN2O2S2/c1-25-18-11-15(21(26)24-13-16-6-4-10-28-16)8-9-19(18)29-20(22(25)27)12-14-5-2-3-7-17(14)23/h2-7,10,12,15,18-19H,8-9,11,13H2,1H3,(H,24,26)/b20-12-. The van der Waals surface area contributed by atoms with Crippen molar-refractivity contribution < 1.29 is 14.0 Å². The van der Waals surface area contributed by atoms with Gasteiger partial charge in [0, 0.05) is 34.7 Å². The molecular weight excluding hydrogens is 407 g/mol. The molecule has 2 aliphatic rings. The number of benzene rings is 1. The normalized spacial score (nSPS) is 25.7. The van der Waals surface area contributed by atoms with Crippen LogP contribution in [0.2, 0.25) is 0 Å². The van der Waals surface area contributed by atoms with Crippen LogP contribution in [-0.2, 0) is 16.1 Å². The third-order valence-corrected chi connectivity index (χ3v) is 7.92. The number of likely N-dealkylation sites (N-methyl/N-ethyl adjacent to an activating group) is 1. The lowest BCUT2D eigenvalue weighted by atomic mass is 9.83. The van der Waals surface area contributed by atoms with Gasteiger partial charge in [-0.1, -0.05) is 24.3 Å². The number of fused-ring (bicyclic) bond motifs is 1. The predicted octanol–water partition coefficient (Wildman–Crippen LogP) is 4.29. The molecule has 3 unspecified atom stereocenters. The van der Waals surface area contributed by atoms with Crippen LogP contribution in [0.4, 0.5) is 4.39 Å². The molecule has 1 N–H and O–H groups in total. The number of hydrogen-bond donors (Lipinski definition) is 1. The monoisotopic (exact) mass is 430 g/mol. The highest BCUT2D eigenvalue weighted by Crippen LogP contribution is 2.43. The van der Waals surface area contributed by atoms with Gasteiger partial charge in [-0.2, -0.15) is 0 Å². The average Bonchev–Trinajstić information content (AvgIpc) is 3.25. The number of thiophene rings is 1. The lowest BCUT2D eigenvalue weighted by Crippen LogP contribution is -2.52. The second kappa shape index (κ2) is 8.71. The van der Waals surface area contributed by atoms with E-state index < -0.39 is 0 Å². The van der Waals surface area contributed by atoms with Gasteiger partial charge < -0.3 is 10.2 Å². The maximum Gasteiger partial charge on any atom is 0.260 e. The molecule has 1 aromatic heterocycles. The molecule has 0 radical (unpaired) electrons. The van der Waals surface area contributed by atoms with Gasteiger partial charge in [0.2, 0.25) is 5.91 Å². The zero-order chi connectivity index (χ0) is 20.4. The Morgan fingerprint density at radius 1 is 1.28 bits per heavy atom. The molecular formula is C22H23FN2O2S2. The number of halogens is 1. The fraction of sp³-hybridized carbons (Fsp3) is 0.364. The summed E-state index contributed by atoms with van der Waals surface area (Å²) in [5.74, 6) is -0.442. The van der Waals surface area contributed by atoms with Gasteiger partial charge in [-0.25, -0.2) is 4.39 Å². The third-order valence-electron chi connectivity index (χ3n) is 5.64. The predicted molar refractivity (Wildman–Crippen MR) is 116 cm³/mol. The number of carbonyl (C=O) groups excluding carboxylic acids is 2. The minimum absolute atomic E-state index is 0.0245. The molecule has 4 rings (SSSR count). The lowest BCUT2D eigenvalue weighted by molar-refractivity contribution is -0.132. The Hall–Kier alpha value is -2.12. The molecule has 7 heteroatoms. The highest BCUT2D eigenvalue weighted by molar-refractivity contribution is 8.04. The summed E-state index contributed by atoms with van der Waals surface area (Å²) in [7, 11) is 1.79. The summed E-state index contributed by atoms with van der Waals surface area (Å²) in [4.78, 5) is 28.9. The molecule has 4 nitrogen and oxygen atoms in total. The second-order valence-corrected chi connectivity index (χ2v) is 9.79. The highest BCUT2D eigenvalue weighted by Gasteiger charge is 2.42. The van der Waals surface area contributed by atoms with E-state index in [4.69, 9.17) is 0 Å². The maximum absolute atomic E-state index is 14.0. The Bertz CT molecular complexity index is 929. The van der Waals surface area contributed by atoms with E-state index in [2.05, 4.69) is 5.32 Å². The van der Waals surface area contributed by atoms with Crippen molar-refractivity contribution in [3.8, 4) is 0 Å². The van der Waals surface area contributed by atoms with E-state index >= 15 is 0 Å². The Balaban J connectivity index is 1.42. The molecule has 2 aromatic rings. The molecule has 1 aromatic carbocycles. The fourth-order valence-corrected chi connectivity index (χ4v) is 6.12. The summed E-state index contributed by atoms with van der Waals surface area (Å²) in [5, 5.41) is 5.26. The highest BCUT2D eigenvalue weighted by atomic mass is 32.2. The number of rotatable bonds is 4. The molecule has 1 saturated heterocycles. The first-order valence-corrected chi connectivity index (χ1v) is 11.5. The van der Waals surface area contributed by atoms with Crippen molar-refractivity contribution in [3.63, 3.8) is 0 Å². The molecule has 152 valence electrons. The van der Waals surface area contributed by atoms with Crippen molar-refractivity contribution in [1.29, 1.82) is 0 Å². The molecule has 1 aliphatic carbocycles. The smallest absolute Gasteiger partial charge is 0.260 e. The molecule has 2 amide bonds. The molecule has 1 aliphatic heterocycles. The van der Waals surface area contributed by atoms with Crippen LogP contribution in [0, 0.1) is 11.7 Å². The van der Waals surface area contributed by atoms with Gasteiger partial charge >= 0.3 is 0 Å². The van der Waals surface area contributed by atoms with Crippen LogP contribution in [-0.4, -0.2) is 35.1 Å². The summed E-state index contributed by atoms with van der Waals surface area (Å²) in [6.07, 6.45) is 3.98. The van der Waals surface area contributed by atoms with Crippen LogP contribution < -0.4 is 5.32 Å². The number of thioether (sulfide) groups is 1. The van der Waals surface area contributed by atoms with Gasteiger partial charge in [0.1, 0.15) is 5.82 Å². The Morgan fingerprint density at radius 2 is 2.10 bits per heavy atom. The number of nitrogens with one attached hydrogen (secondary N) is 1. The summed E-state index contributed by atoms with van der Waals surface area (Å²) in [6, 6.07) is 10.5. The largest absolute Gasteiger partial charge is 0.351 e. The van der Waals surface area contributed by atoms with Crippen LogP contribution in [0.3, 0.4) is 0 Å². The minimum atomic E-state index is -0.329. The number of hydrogen-bond acceptors (Lipinski definition) is 4. The molecule has 3 atom stereocenters. The zero-order valence-electron chi connectivity index (χ0n) is 16.1. The van der Waals surface area contributed by atoms with Gasteiger partial charge in [-0.15, -0.1) is 23.1 Å². The van der Waals surface area contributed by atoms with E-state index in [-0.39, 0.29) is 34.8 Å².